The Morgan fingerprint density at radius 1 is 1.10 bits per heavy atom. The van der Waals surface area contributed by atoms with Crippen molar-refractivity contribution in [2.45, 2.75) is 31.2 Å². The van der Waals surface area contributed by atoms with Crippen LogP contribution in [0.15, 0.2) is 23.1 Å². The number of aromatic nitrogens is 2. The Balaban J connectivity index is 1.55. The zero-order valence-electron chi connectivity index (χ0n) is 17.6. The predicted molar refractivity (Wildman–Crippen MR) is 127 cm³/mol. The molecule has 2 aliphatic heterocycles. The first-order chi connectivity index (χ1) is 14.9. The van der Waals surface area contributed by atoms with Crippen molar-refractivity contribution in [3.63, 3.8) is 0 Å². The molecule has 1 aromatic carbocycles. The van der Waals surface area contributed by atoms with Crippen LogP contribution in [-0.4, -0.2) is 63.9 Å². The Morgan fingerprint density at radius 3 is 2.35 bits per heavy atom. The monoisotopic (exact) mass is 483 g/mol. The van der Waals surface area contributed by atoms with E-state index < -0.39 is 10.8 Å². The number of hydrogen-bond donors (Lipinski definition) is 2. The number of hydrogen-bond acceptors (Lipinski definition) is 7. The smallest absolute Gasteiger partial charge is 0.227 e. The summed E-state index contributed by atoms with van der Waals surface area (Å²) in [6.45, 7) is 7.13. The summed E-state index contributed by atoms with van der Waals surface area (Å²) in [6.07, 6.45) is 0.679. The van der Waals surface area contributed by atoms with Gasteiger partial charge in [0.05, 0.1) is 29.1 Å². The third kappa shape index (κ3) is 4.92. The largest absolute Gasteiger partial charge is 0.394 e. The van der Waals surface area contributed by atoms with E-state index in [-0.39, 0.29) is 18.6 Å². The fraction of sp³-hybridized carbons (Fsp3) is 0.524. The Morgan fingerprint density at radius 2 is 1.74 bits per heavy atom. The topological polar surface area (TPSA) is 81.6 Å². The van der Waals surface area contributed by atoms with Crippen LogP contribution in [0, 0.1) is 5.92 Å². The van der Waals surface area contributed by atoms with Crippen LogP contribution in [0.2, 0.25) is 10.0 Å². The SMILES string of the molecule is CC(C)C(CO)Nc1nc(N2CCN(c3cc(Cl)cc(Cl)c3)CC2)nc2c1[S@](=O)CC2. The summed E-state index contributed by atoms with van der Waals surface area (Å²) >= 11 is 12.3. The maximum absolute atomic E-state index is 12.6. The second-order valence-electron chi connectivity index (χ2n) is 8.23. The van der Waals surface area contributed by atoms with E-state index in [0.29, 0.717) is 38.9 Å². The second kappa shape index (κ2) is 9.48. The highest BCUT2D eigenvalue weighted by molar-refractivity contribution is 7.85. The molecule has 1 unspecified atom stereocenters. The van der Waals surface area contributed by atoms with Gasteiger partial charge in [0.2, 0.25) is 5.95 Å². The van der Waals surface area contributed by atoms with Crippen LogP contribution in [-0.2, 0) is 17.2 Å². The molecule has 0 aliphatic carbocycles. The van der Waals surface area contributed by atoms with Gasteiger partial charge < -0.3 is 20.2 Å². The number of aryl methyl sites for hydroxylation is 1. The van der Waals surface area contributed by atoms with Gasteiger partial charge in [-0.25, -0.2) is 4.98 Å². The number of nitrogens with zero attached hydrogens (tertiary/aromatic N) is 4. The minimum absolute atomic E-state index is 0.0146. The molecule has 10 heteroatoms. The first-order valence-electron chi connectivity index (χ1n) is 10.5. The van der Waals surface area contributed by atoms with E-state index in [9.17, 15) is 9.32 Å². The summed E-state index contributed by atoms with van der Waals surface area (Å²) in [6, 6.07) is 5.42. The molecule has 0 spiro atoms. The van der Waals surface area contributed by atoms with Crippen LogP contribution in [0.25, 0.3) is 0 Å². The number of nitrogens with one attached hydrogen (secondary N) is 1. The molecule has 31 heavy (non-hydrogen) atoms. The lowest BCUT2D eigenvalue weighted by atomic mass is 10.1. The maximum Gasteiger partial charge on any atom is 0.227 e. The predicted octanol–water partition coefficient (Wildman–Crippen LogP) is 3.20. The first kappa shape index (κ1) is 22.6. The van der Waals surface area contributed by atoms with Crippen molar-refractivity contribution in [1.82, 2.24) is 9.97 Å². The van der Waals surface area contributed by atoms with Crippen LogP contribution in [0.1, 0.15) is 19.5 Å². The molecule has 2 N–H and O–H groups in total. The van der Waals surface area contributed by atoms with Gasteiger partial charge in [-0.3, -0.25) is 4.21 Å². The molecule has 168 valence electrons. The van der Waals surface area contributed by atoms with Crippen molar-refractivity contribution < 1.29 is 9.32 Å². The Labute approximate surface area is 195 Å². The Hall–Kier alpha value is -1.61. The van der Waals surface area contributed by atoms with E-state index in [4.69, 9.17) is 33.2 Å². The van der Waals surface area contributed by atoms with Crippen molar-refractivity contribution >= 4 is 51.5 Å². The van der Waals surface area contributed by atoms with E-state index >= 15 is 0 Å². The van der Waals surface area contributed by atoms with Gasteiger partial charge in [-0.2, -0.15) is 4.98 Å². The minimum atomic E-state index is -1.11. The molecule has 1 fully saturated rings. The zero-order chi connectivity index (χ0) is 22.1. The average Bonchev–Trinajstić information content (AvgIpc) is 3.12. The third-order valence-corrected chi connectivity index (χ3v) is 7.67. The van der Waals surface area contributed by atoms with Crippen molar-refractivity contribution in [3.05, 3.63) is 33.9 Å². The standard InChI is InChI=1S/C21H27Cl2N5O2S/c1-13(2)18(12-29)24-20-19-17(3-8-31(19)30)25-21(26-20)28-6-4-27(5-7-28)16-10-14(22)9-15(23)11-16/h9-11,13,18,29H,3-8,12H2,1-2H3,(H,24,25,26)/t18?,31-/m1/s1. The molecule has 3 heterocycles. The number of anilines is 3. The number of benzene rings is 1. The van der Waals surface area contributed by atoms with Gasteiger partial charge in [0, 0.05) is 54.1 Å². The van der Waals surface area contributed by atoms with Crippen molar-refractivity contribution in [2.75, 3.05) is 53.7 Å². The zero-order valence-corrected chi connectivity index (χ0v) is 20.0. The second-order valence-corrected chi connectivity index (χ2v) is 10.6. The first-order valence-corrected chi connectivity index (χ1v) is 12.6. The van der Waals surface area contributed by atoms with E-state index in [1.54, 1.807) is 6.07 Å². The van der Waals surface area contributed by atoms with Gasteiger partial charge in [0.15, 0.2) is 0 Å². The lowest BCUT2D eigenvalue weighted by Crippen LogP contribution is -2.47. The van der Waals surface area contributed by atoms with Crippen molar-refractivity contribution in [3.8, 4) is 0 Å². The normalized spacial score (nSPS) is 19.6. The quantitative estimate of drug-likeness (QED) is 0.652. The third-order valence-electron chi connectivity index (χ3n) is 5.77. The van der Waals surface area contributed by atoms with Gasteiger partial charge in [-0.05, 0) is 24.1 Å². The number of rotatable bonds is 6. The number of halogens is 2. The lowest BCUT2D eigenvalue weighted by Gasteiger charge is -2.36. The average molecular weight is 484 g/mol. The van der Waals surface area contributed by atoms with E-state index in [2.05, 4.69) is 15.1 Å². The molecule has 4 rings (SSSR count). The van der Waals surface area contributed by atoms with Crippen LogP contribution in [0.5, 0.6) is 0 Å². The molecular formula is C21H27Cl2N5O2S. The fourth-order valence-corrected chi connectivity index (χ4v) is 5.74. The molecule has 0 saturated carbocycles. The summed E-state index contributed by atoms with van der Waals surface area (Å²) < 4.78 is 12.6. The molecule has 0 amide bonds. The Bertz CT molecular complexity index is 962. The molecule has 2 aliphatic rings. The molecular weight excluding hydrogens is 457 g/mol. The van der Waals surface area contributed by atoms with Gasteiger partial charge >= 0.3 is 0 Å². The highest BCUT2D eigenvalue weighted by Crippen LogP contribution is 2.32. The van der Waals surface area contributed by atoms with Gasteiger partial charge in [-0.1, -0.05) is 37.0 Å². The van der Waals surface area contributed by atoms with Crippen LogP contribution >= 0.6 is 23.2 Å². The molecule has 1 saturated heterocycles. The molecule has 0 bridgehead atoms. The summed E-state index contributed by atoms with van der Waals surface area (Å²) in [5.74, 6) is 2.01. The number of piperazine rings is 1. The van der Waals surface area contributed by atoms with Gasteiger partial charge in [0.25, 0.3) is 0 Å². The maximum atomic E-state index is 12.6. The van der Waals surface area contributed by atoms with E-state index in [0.717, 1.165) is 37.6 Å². The van der Waals surface area contributed by atoms with Crippen LogP contribution < -0.4 is 15.1 Å². The number of aliphatic hydroxyl groups is 1. The van der Waals surface area contributed by atoms with Gasteiger partial charge in [0.1, 0.15) is 10.7 Å². The van der Waals surface area contributed by atoms with Crippen LogP contribution in [0.3, 0.4) is 0 Å². The number of aliphatic hydroxyl groups excluding tert-OH is 1. The lowest BCUT2D eigenvalue weighted by molar-refractivity contribution is 0.249. The van der Waals surface area contributed by atoms with Crippen LogP contribution in [0.4, 0.5) is 17.5 Å². The summed E-state index contributed by atoms with van der Waals surface area (Å²) in [5.41, 5.74) is 1.85. The highest BCUT2D eigenvalue weighted by atomic mass is 35.5. The minimum Gasteiger partial charge on any atom is -0.394 e. The molecule has 7 nitrogen and oxygen atoms in total. The number of fused-ring (bicyclic) bond motifs is 1. The highest BCUT2D eigenvalue weighted by Gasteiger charge is 2.29. The summed E-state index contributed by atoms with van der Waals surface area (Å²) in [7, 11) is -1.11. The van der Waals surface area contributed by atoms with Crippen molar-refractivity contribution in [2.24, 2.45) is 5.92 Å². The van der Waals surface area contributed by atoms with Gasteiger partial charge in [-0.15, -0.1) is 0 Å². The summed E-state index contributed by atoms with van der Waals surface area (Å²) in [5, 5.41) is 14.3. The molecule has 2 atom stereocenters. The van der Waals surface area contributed by atoms with E-state index in [1.165, 1.54) is 0 Å². The fourth-order valence-electron chi connectivity index (χ4n) is 3.91. The Kier molecular flexibility index (Phi) is 6.91. The molecule has 1 aromatic heterocycles. The van der Waals surface area contributed by atoms with Crippen molar-refractivity contribution in [1.29, 1.82) is 0 Å². The summed E-state index contributed by atoms with van der Waals surface area (Å²) in [4.78, 5) is 14.6. The van der Waals surface area contributed by atoms with E-state index in [1.807, 2.05) is 26.0 Å². The molecule has 0 radical (unpaired) electrons. The molecule has 2 aromatic rings.